The molecule has 2 N–H and O–H groups in total. The van der Waals surface area contributed by atoms with Gasteiger partial charge in [-0.2, -0.15) is 0 Å². The summed E-state index contributed by atoms with van der Waals surface area (Å²) in [7, 11) is 0. The highest BCUT2D eigenvalue weighted by Gasteiger charge is 2.30. The fourth-order valence-electron chi connectivity index (χ4n) is 6.69. The minimum atomic E-state index is -0.245. The molecule has 4 aromatic carbocycles. The third-order valence-corrected chi connectivity index (χ3v) is 10.6. The Labute approximate surface area is 263 Å². The van der Waals surface area contributed by atoms with Crippen molar-refractivity contribution in [2.75, 3.05) is 10.2 Å². The Morgan fingerprint density at radius 2 is 1.70 bits per heavy atom. The van der Waals surface area contributed by atoms with E-state index in [4.69, 9.17) is 0 Å². The predicted octanol–water partition coefficient (Wildman–Crippen LogP) is 10.7. The quantitative estimate of drug-likeness (QED) is 0.219. The van der Waals surface area contributed by atoms with E-state index in [1.807, 2.05) is 11.8 Å². The molecule has 2 atom stereocenters. The number of benzene rings is 4. The van der Waals surface area contributed by atoms with E-state index in [-0.39, 0.29) is 16.8 Å². The molecule has 3 nitrogen and oxygen atoms in total. The number of aromatic nitrogens is 1. The lowest BCUT2D eigenvalue weighted by Gasteiger charge is -2.35. The second-order valence-electron chi connectivity index (χ2n) is 12.4. The van der Waals surface area contributed by atoms with Crippen LogP contribution >= 0.6 is 11.8 Å². The van der Waals surface area contributed by atoms with Crippen LogP contribution in [0.2, 0.25) is 0 Å². The molecule has 0 spiro atoms. The summed E-state index contributed by atoms with van der Waals surface area (Å²) in [6.07, 6.45) is 16.7. The van der Waals surface area contributed by atoms with E-state index in [1.165, 1.54) is 43.7 Å². The molecule has 44 heavy (non-hydrogen) atoms. The van der Waals surface area contributed by atoms with Gasteiger partial charge in [-0.3, -0.25) is 0 Å². The lowest BCUT2D eigenvalue weighted by atomic mass is 9.76. The summed E-state index contributed by atoms with van der Waals surface area (Å²) < 4.78 is 0. The van der Waals surface area contributed by atoms with Crippen LogP contribution in [-0.2, 0) is 5.41 Å². The Morgan fingerprint density at radius 1 is 0.886 bits per heavy atom. The minimum absolute atomic E-state index is 0.226. The normalized spacial score (nSPS) is 22.5. The van der Waals surface area contributed by atoms with Gasteiger partial charge in [0.25, 0.3) is 0 Å². The van der Waals surface area contributed by atoms with Gasteiger partial charge in [-0.1, -0.05) is 117 Å². The van der Waals surface area contributed by atoms with Crippen molar-refractivity contribution >= 4 is 50.5 Å². The van der Waals surface area contributed by atoms with Crippen LogP contribution in [0.3, 0.4) is 0 Å². The molecule has 1 aromatic heterocycles. The third kappa shape index (κ3) is 4.53. The molecule has 2 aliphatic heterocycles. The summed E-state index contributed by atoms with van der Waals surface area (Å²) in [5.41, 5.74) is 10.5. The zero-order valence-corrected chi connectivity index (χ0v) is 25.9. The van der Waals surface area contributed by atoms with E-state index in [2.05, 4.69) is 163 Å². The first kappa shape index (κ1) is 26.9. The maximum Gasteiger partial charge on any atom is 0.103 e. The van der Waals surface area contributed by atoms with Crippen LogP contribution in [0.5, 0.6) is 0 Å². The van der Waals surface area contributed by atoms with Crippen LogP contribution in [0, 0.1) is 0 Å². The first-order valence-corrected chi connectivity index (χ1v) is 16.2. The van der Waals surface area contributed by atoms with E-state index in [0.717, 1.165) is 28.6 Å². The molecule has 3 aliphatic rings. The van der Waals surface area contributed by atoms with E-state index >= 15 is 0 Å². The van der Waals surface area contributed by atoms with Crippen LogP contribution in [0.25, 0.3) is 27.4 Å². The maximum absolute atomic E-state index is 4.63. The van der Waals surface area contributed by atoms with Crippen molar-refractivity contribution < 1.29 is 0 Å². The maximum atomic E-state index is 4.63. The number of nitrogens with zero attached hydrogens (tertiary/aromatic N) is 1. The van der Waals surface area contributed by atoms with Gasteiger partial charge >= 0.3 is 0 Å². The largest absolute Gasteiger partial charge is 0.368 e. The van der Waals surface area contributed by atoms with Crippen molar-refractivity contribution in [3.05, 3.63) is 156 Å². The van der Waals surface area contributed by atoms with Crippen molar-refractivity contribution in [2.45, 2.75) is 42.0 Å². The number of para-hydroxylation sites is 1. The smallest absolute Gasteiger partial charge is 0.103 e. The van der Waals surface area contributed by atoms with Crippen LogP contribution < -0.4 is 10.2 Å². The summed E-state index contributed by atoms with van der Waals surface area (Å²) in [5.74, 6) is 0. The van der Waals surface area contributed by atoms with Gasteiger partial charge in [-0.25, -0.2) is 0 Å². The molecular weight excluding hydrogens is 555 g/mol. The molecule has 0 bridgehead atoms. The molecule has 0 radical (unpaired) electrons. The molecule has 216 valence electrons. The first-order valence-electron chi connectivity index (χ1n) is 15.3. The first-order chi connectivity index (χ1) is 21.5. The van der Waals surface area contributed by atoms with Crippen molar-refractivity contribution in [1.82, 2.24) is 4.98 Å². The molecule has 8 rings (SSSR count). The monoisotopic (exact) mass is 589 g/mol. The molecule has 0 saturated carbocycles. The second-order valence-corrected chi connectivity index (χ2v) is 13.6. The van der Waals surface area contributed by atoms with Crippen LogP contribution in [0.4, 0.5) is 11.4 Å². The number of anilines is 2. The van der Waals surface area contributed by atoms with Gasteiger partial charge in [-0.15, -0.1) is 0 Å². The summed E-state index contributed by atoms with van der Waals surface area (Å²) in [5, 5.41) is 6.44. The molecule has 0 fully saturated rings. The van der Waals surface area contributed by atoms with Gasteiger partial charge in [0.2, 0.25) is 0 Å². The molecule has 0 amide bonds. The summed E-state index contributed by atoms with van der Waals surface area (Å²) >= 11 is 1.89. The van der Waals surface area contributed by atoms with Crippen molar-refractivity contribution in [3.63, 3.8) is 0 Å². The standard InChI is InChI=1S/C40H35N3S/c1-26-22-29(20-21-43(30-14-8-5-9-15-30)37-17-11-10-16-33(37)40(26,2)3)28-18-19-34-31(23-28)32-24-38-36(25-35(32)41-34)42-39(44-38)27-12-6-4-7-13-27/h4-14,16-25,30,39,41-42H,1,15H2,2-3H3/b21-20-,29-22+. The number of nitrogens with one attached hydrogen (secondary N) is 2. The zero-order valence-electron chi connectivity index (χ0n) is 25.0. The van der Waals surface area contributed by atoms with Crippen LogP contribution in [0.1, 0.15) is 42.3 Å². The highest BCUT2D eigenvalue weighted by molar-refractivity contribution is 8.00. The van der Waals surface area contributed by atoms with Crippen LogP contribution in [-0.4, -0.2) is 11.0 Å². The topological polar surface area (TPSA) is 31.1 Å². The summed E-state index contributed by atoms with van der Waals surface area (Å²) in [4.78, 5) is 7.41. The van der Waals surface area contributed by atoms with Gasteiger partial charge in [-0.05, 0) is 70.7 Å². The van der Waals surface area contributed by atoms with Crippen molar-refractivity contribution in [3.8, 4) is 0 Å². The van der Waals surface area contributed by atoms with Crippen molar-refractivity contribution in [2.24, 2.45) is 0 Å². The lowest BCUT2D eigenvalue weighted by molar-refractivity contribution is 0.637. The Morgan fingerprint density at radius 3 is 2.55 bits per heavy atom. The van der Waals surface area contributed by atoms with E-state index in [0.29, 0.717) is 0 Å². The average Bonchev–Trinajstić information content (AvgIpc) is 3.64. The van der Waals surface area contributed by atoms with Gasteiger partial charge in [0, 0.05) is 44.0 Å². The van der Waals surface area contributed by atoms with Gasteiger partial charge < -0.3 is 15.2 Å². The average molecular weight is 590 g/mol. The highest BCUT2D eigenvalue weighted by Crippen LogP contribution is 2.49. The fraction of sp³-hybridized carbons (Fsp3) is 0.150. The molecular formula is C40H35N3S. The Kier molecular flexibility index (Phi) is 6.42. The van der Waals surface area contributed by atoms with Gasteiger partial charge in [0.15, 0.2) is 0 Å². The number of aromatic amines is 1. The highest BCUT2D eigenvalue weighted by atomic mass is 32.2. The Balaban J connectivity index is 1.22. The molecule has 1 aliphatic carbocycles. The van der Waals surface area contributed by atoms with Crippen molar-refractivity contribution in [1.29, 1.82) is 0 Å². The number of thioether (sulfide) groups is 1. The SMILES string of the molecule is C=C1/C=C(c2ccc3[nH]c4cc5c(cc4c3c2)SC(c2ccccc2)N5)\C=C/N(C2C=CC=CC2)c2ccccc2C1(C)C. The molecule has 5 aromatic rings. The zero-order chi connectivity index (χ0) is 29.8. The third-order valence-electron chi connectivity index (χ3n) is 9.38. The lowest BCUT2D eigenvalue weighted by Crippen LogP contribution is -2.32. The number of H-pyrrole nitrogens is 1. The molecule has 2 unspecified atom stereocenters. The number of hydrogen-bond acceptors (Lipinski definition) is 3. The number of hydrogen-bond donors (Lipinski definition) is 2. The van der Waals surface area contributed by atoms with E-state index < -0.39 is 0 Å². The van der Waals surface area contributed by atoms with E-state index in [1.54, 1.807) is 0 Å². The van der Waals surface area contributed by atoms with Gasteiger partial charge in [0.05, 0.1) is 11.7 Å². The summed E-state index contributed by atoms with van der Waals surface area (Å²) in [6, 6.07) is 31.1. The molecule has 0 saturated heterocycles. The number of rotatable bonds is 3. The molecule has 4 heteroatoms. The van der Waals surface area contributed by atoms with Gasteiger partial charge in [0.1, 0.15) is 5.37 Å². The number of allylic oxidation sites excluding steroid dienone is 6. The minimum Gasteiger partial charge on any atom is -0.368 e. The Hall–Kier alpha value is -4.67. The predicted molar refractivity (Wildman–Crippen MR) is 189 cm³/mol. The number of fused-ring (bicyclic) bond motifs is 5. The second kappa shape index (κ2) is 10.5. The van der Waals surface area contributed by atoms with Crippen LogP contribution in [0.15, 0.2) is 145 Å². The Bertz CT molecular complexity index is 2060. The summed E-state index contributed by atoms with van der Waals surface area (Å²) in [6.45, 7) is 9.21. The van der Waals surface area contributed by atoms with E-state index in [9.17, 15) is 0 Å². The fourth-order valence-corrected chi connectivity index (χ4v) is 7.86. The molecule has 3 heterocycles.